The maximum Gasteiger partial charge on any atom is 0.294 e. The van der Waals surface area contributed by atoms with Crippen LogP contribution in [0.3, 0.4) is 0 Å². The molecule has 3 aromatic carbocycles. The second-order valence-electron chi connectivity index (χ2n) is 8.93. The summed E-state index contributed by atoms with van der Waals surface area (Å²) >= 11 is 13.2. The van der Waals surface area contributed by atoms with Crippen molar-refractivity contribution < 1.29 is 19.1 Å². The largest absolute Gasteiger partial charge is 0.488 e. The minimum absolute atomic E-state index is 0.195. The van der Waals surface area contributed by atoms with Crippen molar-refractivity contribution in [1.82, 2.24) is 9.80 Å². The molecule has 9 heteroatoms. The molecule has 0 bridgehead atoms. The summed E-state index contributed by atoms with van der Waals surface area (Å²) in [6.07, 6.45) is 4.66. The van der Waals surface area contributed by atoms with E-state index in [4.69, 9.17) is 27.9 Å². The predicted molar refractivity (Wildman–Crippen MR) is 148 cm³/mol. The molecule has 0 aromatic heterocycles. The number of rotatable bonds is 6. The number of carbonyl (C=O) groups excluding carboxylic acids is 3. The maximum absolute atomic E-state index is 13.2. The number of ether oxygens (including phenoxy) is 1. The molecule has 0 aliphatic carbocycles. The van der Waals surface area contributed by atoms with Crippen molar-refractivity contribution in [3.05, 3.63) is 80.7 Å². The van der Waals surface area contributed by atoms with Gasteiger partial charge in [0.05, 0.1) is 4.91 Å². The number of piperidine rings is 1. The van der Waals surface area contributed by atoms with Crippen LogP contribution >= 0.6 is 35.0 Å². The van der Waals surface area contributed by atoms with E-state index in [0.29, 0.717) is 34.4 Å². The lowest BCUT2D eigenvalue weighted by Crippen LogP contribution is -2.44. The van der Waals surface area contributed by atoms with Gasteiger partial charge < -0.3 is 9.64 Å². The quantitative estimate of drug-likeness (QED) is 0.314. The highest BCUT2D eigenvalue weighted by molar-refractivity contribution is 8.18. The first-order valence-electron chi connectivity index (χ1n) is 12.0. The number of hydrogen-bond donors (Lipinski definition) is 0. The van der Waals surface area contributed by atoms with Crippen LogP contribution in [0, 0.1) is 0 Å². The second-order valence-corrected chi connectivity index (χ2v) is 10.8. The summed E-state index contributed by atoms with van der Waals surface area (Å²) in [5, 5.41) is 2.42. The summed E-state index contributed by atoms with van der Waals surface area (Å²) < 4.78 is 6.14. The molecule has 0 radical (unpaired) electrons. The molecule has 5 rings (SSSR count). The van der Waals surface area contributed by atoms with E-state index in [9.17, 15) is 14.4 Å². The maximum atomic E-state index is 13.2. The van der Waals surface area contributed by atoms with Gasteiger partial charge in [-0.3, -0.25) is 19.3 Å². The van der Waals surface area contributed by atoms with Gasteiger partial charge in [-0.25, -0.2) is 0 Å². The van der Waals surface area contributed by atoms with Gasteiger partial charge in [0.15, 0.2) is 0 Å². The third kappa shape index (κ3) is 5.64. The number of fused-ring (bicyclic) bond motifs is 1. The zero-order valence-corrected chi connectivity index (χ0v) is 22.2. The first-order valence-corrected chi connectivity index (χ1v) is 13.6. The molecule has 2 heterocycles. The molecule has 0 unspecified atom stereocenters. The average Bonchev–Trinajstić information content (AvgIpc) is 3.16. The lowest BCUT2D eigenvalue weighted by molar-refractivity contribution is -0.136. The van der Waals surface area contributed by atoms with E-state index in [0.717, 1.165) is 52.3 Å². The number of amides is 3. The fourth-order valence-electron chi connectivity index (χ4n) is 4.49. The van der Waals surface area contributed by atoms with Crippen LogP contribution in [0.15, 0.2) is 59.5 Å². The smallest absolute Gasteiger partial charge is 0.294 e. The topological polar surface area (TPSA) is 66.9 Å². The molecular formula is C28H24Cl2N2O4S. The lowest BCUT2D eigenvalue weighted by Gasteiger charge is -2.27. The predicted octanol–water partition coefficient (Wildman–Crippen LogP) is 6.77. The number of carbonyl (C=O) groups is 3. The first kappa shape index (κ1) is 25.6. The number of halogens is 2. The summed E-state index contributed by atoms with van der Waals surface area (Å²) in [7, 11) is 0. The highest BCUT2D eigenvalue weighted by Crippen LogP contribution is 2.37. The van der Waals surface area contributed by atoms with Gasteiger partial charge in [0.25, 0.3) is 11.1 Å². The fourth-order valence-corrected chi connectivity index (χ4v) is 5.77. The Morgan fingerprint density at radius 3 is 2.57 bits per heavy atom. The van der Waals surface area contributed by atoms with Crippen LogP contribution in [0.5, 0.6) is 5.75 Å². The SMILES string of the molecule is O=C(CN1C(=O)S/C(=C\c2c(OCc3ccc(Cl)cc3Cl)ccc3ccccc23)C1=O)N1CCCCC1. The van der Waals surface area contributed by atoms with Crippen LogP contribution in [0.25, 0.3) is 16.8 Å². The third-order valence-electron chi connectivity index (χ3n) is 6.48. The summed E-state index contributed by atoms with van der Waals surface area (Å²) in [5.41, 5.74) is 1.44. The molecule has 2 saturated heterocycles. The molecule has 0 N–H and O–H groups in total. The van der Waals surface area contributed by atoms with Crippen LogP contribution in [0.4, 0.5) is 4.79 Å². The van der Waals surface area contributed by atoms with Crippen LogP contribution in [0.2, 0.25) is 10.0 Å². The number of imide groups is 1. The molecule has 6 nitrogen and oxygen atoms in total. The molecule has 190 valence electrons. The molecule has 0 spiro atoms. The van der Waals surface area contributed by atoms with Crippen molar-refractivity contribution in [1.29, 1.82) is 0 Å². The number of likely N-dealkylation sites (tertiary alicyclic amines) is 1. The Morgan fingerprint density at radius 1 is 1.00 bits per heavy atom. The van der Waals surface area contributed by atoms with Crippen LogP contribution in [-0.4, -0.2) is 46.5 Å². The first-order chi connectivity index (χ1) is 17.9. The minimum Gasteiger partial charge on any atom is -0.488 e. The zero-order valence-electron chi connectivity index (χ0n) is 19.9. The Labute approximate surface area is 229 Å². The Bertz CT molecular complexity index is 1420. The Balaban J connectivity index is 1.43. The summed E-state index contributed by atoms with van der Waals surface area (Å²) in [4.78, 5) is 41.7. The van der Waals surface area contributed by atoms with Gasteiger partial charge >= 0.3 is 0 Å². The summed E-state index contributed by atoms with van der Waals surface area (Å²) in [6, 6.07) is 16.7. The Kier molecular flexibility index (Phi) is 7.74. The van der Waals surface area contributed by atoms with Crippen molar-refractivity contribution in [2.75, 3.05) is 19.6 Å². The number of hydrogen-bond acceptors (Lipinski definition) is 5. The van der Waals surface area contributed by atoms with Crippen LogP contribution in [-0.2, 0) is 16.2 Å². The number of thioether (sulfide) groups is 1. The van der Waals surface area contributed by atoms with E-state index in [-0.39, 0.29) is 24.0 Å². The van der Waals surface area contributed by atoms with Gasteiger partial charge in [0, 0.05) is 34.3 Å². The van der Waals surface area contributed by atoms with Crippen LogP contribution in [0.1, 0.15) is 30.4 Å². The summed E-state index contributed by atoms with van der Waals surface area (Å²) in [6.45, 7) is 1.29. The van der Waals surface area contributed by atoms with Crippen molar-refractivity contribution in [2.45, 2.75) is 25.9 Å². The molecule has 37 heavy (non-hydrogen) atoms. The van der Waals surface area contributed by atoms with E-state index in [1.165, 1.54) is 0 Å². The van der Waals surface area contributed by atoms with Crippen molar-refractivity contribution >= 4 is 68.9 Å². The third-order valence-corrected chi connectivity index (χ3v) is 7.97. The number of nitrogens with zero attached hydrogens (tertiary/aromatic N) is 2. The standard InChI is InChI=1S/C28H24Cl2N2O4S/c29-20-10-8-19(23(30)14-20)17-36-24-11-9-18-6-2-3-7-21(18)22(24)15-25-27(34)32(28(35)37-25)16-26(33)31-12-4-1-5-13-31/h2-3,6-11,14-15H,1,4-5,12-13,16-17H2/b25-15-. The van der Waals surface area contributed by atoms with E-state index < -0.39 is 11.1 Å². The van der Waals surface area contributed by atoms with Gasteiger partial charge in [0.1, 0.15) is 18.9 Å². The molecule has 2 fully saturated rings. The van der Waals surface area contributed by atoms with Crippen LogP contribution < -0.4 is 4.74 Å². The average molecular weight is 555 g/mol. The minimum atomic E-state index is -0.472. The van der Waals surface area contributed by atoms with Crippen molar-refractivity contribution in [3.63, 3.8) is 0 Å². The van der Waals surface area contributed by atoms with E-state index in [1.54, 1.807) is 29.2 Å². The highest BCUT2D eigenvalue weighted by atomic mass is 35.5. The molecule has 0 atom stereocenters. The molecule has 2 aliphatic rings. The van der Waals surface area contributed by atoms with Crippen molar-refractivity contribution in [3.8, 4) is 5.75 Å². The zero-order chi connectivity index (χ0) is 25.9. The van der Waals surface area contributed by atoms with Gasteiger partial charge in [-0.2, -0.15) is 0 Å². The molecule has 0 saturated carbocycles. The molecule has 3 aromatic rings. The van der Waals surface area contributed by atoms with E-state index in [2.05, 4.69) is 0 Å². The summed E-state index contributed by atoms with van der Waals surface area (Å²) in [5.74, 6) is -0.127. The normalized spacial score (nSPS) is 17.2. The fraction of sp³-hybridized carbons (Fsp3) is 0.250. The van der Waals surface area contributed by atoms with E-state index >= 15 is 0 Å². The van der Waals surface area contributed by atoms with Gasteiger partial charge in [-0.15, -0.1) is 0 Å². The number of benzene rings is 3. The molecular weight excluding hydrogens is 531 g/mol. The monoisotopic (exact) mass is 554 g/mol. The lowest BCUT2D eigenvalue weighted by atomic mass is 10.0. The molecule has 2 aliphatic heterocycles. The Hall–Kier alpha value is -3.00. The van der Waals surface area contributed by atoms with Gasteiger partial charge in [0.2, 0.25) is 5.91 Å². The second kappa shape index (κ2) is 11.2. The molecule has 3 amide bonds. The van der Waals surface area contributed by atoms with E-state index in [1.807, 2.05) is 36.4 Å². The van der Waals surface area contributed by atoms with Gasteiger partial charge in [-0.05, 0) is 66.1 Å². The highest BCUT2D eigenvalue weighted by Gasteiger charge is 2.37. The van der Waals surface area contributed by atoms with Crippen molar-refractivity contribution in [2.24, 2.45) is 0 Å². The van der Waals surface area contributed by atoms with Gasteiger partial charge in [-0.1, -0.05) is 59.6 Å². The Morgan fingerprint density at radius 2 is 1.78 bits per heavy atom.